The number of hydrogen-bond acceptors (Lipinski definition) is 4. The zero-order chi connectivity index (χ0) is 16.8. The minimum absolute atomic E-state index is 0.0480. The van der Waals surface area contributed by atoms with Gasteiger partial charge in [0.25, 0.3) is 5.91 Å². The van der Waals surface area contributed by atoms with Crippen molar-refractivity contribution in [2.45, 2.75) is 19.0 Å². The third kappa shape index (κ3) is 4.19. The van der Waals surface area contributed by atoms with Gasteiger partial charge in [0.15, 0.2) is 0 Å². The number of carbonyl (C=O) groups is 1. The van der Waals surface area contributed by atoms with Crippen LogP contribution in [0.2, 0.25) is 0 Å². The fourth-order valence-electron chi connectivity index (χ4n) is 3.19. The van der Waals surface area contributed by atoms with E-state index >= 15 is 0 Å². The summed E-state index contributed by atoms with van der Waals surface area (Å²) in [5, 5.41) is 12.7. The third-order valence-corrected chi connectivity index (χ3v) is 4.58. The second-order valence-corrected chi connectivity index (χ2v) is 6.27. The van der Waals surface area contributed by atoms with Crippen molar-refractivity contribution in [2.24, 2.45) is 5.92 Å². The zero-order valence-corrected chi connectivity index (χ0v) is 13.6. The SMILES string of the molecule is O=C(NC1CN(Cc2ccccc2)CCC1CO)c1ccncc1. The number of benzene rings is 1. The van der Waals surface area contributed by atoms with Gasteiger partial charge in [0.1, 0.15) is 0 Å². The van der Waals surface area contributed by atoms with Gasteiger partial charge in [-0.25, -0.2) is 0 Å². The maximum absolute atomic E-state index is 12.4. The van der Waals surface area contributed by atoms with Crippen LogP contribution in [0.1, 0.15) is 22.3 Å². The van der Waals surface area contributed by atoms with E-state index in [1.807, 2.05) is 18.2 Å². The van der Waals surface area contributed by atoms with Gasteiger partial charge in [0.05, 0.1) is 0 Å². The summed E-state index contributed by atoms with van der Waals surface area (Å²) < 4.78 is 0. The topological polar surface area (TPSA) is 65.5 Å². The van der Waals surface area contributed by atoms with E-state index in [9.17, 15) is 9.90 Å². The number of piperidine rings is 1. The Morgan fingerprint density at radius 1 is 1.21 bits per heavy atom. The summed E-state index contributed by atoms with van der Waals surface area (Å²) in [5.74, 6) is -0.00905. The predicted octanol–water partition coefficient (Wildman–Crippen LogP) is 1.69. The summed E-state index contributed by atoms with van der Waals surface area (Å²) in [5.41, 5.74) is 1.86. The molecule has 1 aromatic carbocycles. The van der Waals surface area contributed by atoms with Gasteiger partial charge >= 0.3 is 0 Å². The molecule has 1 aliphatic rings. The fourth-order valence-corrected chi connectivity index (χ4v) is 3.19. The van der Waals surface area contributed by atoms with Gasteiger partial charge in [-0.15, -0.1) is 0 Å². The minimum Gasteiger partial charge on any atom is -0.396 e. The molecule has 5 nitrogen and oxygen atoms in total. The lowest BCUT2D eigenvalue weighted by molar-refractivity contribution is 0.0730. The lowest BCUT2D eigenvalue weighted by Crippen LogP contribution is -2.53. The van der Waals surface area contributed by atoms with Gasteiger partial charge in [-0.1, -0.05) is 30.3 Å². The third-order valence-electron chi connectivity index (χ3n) is 4.58. The Hall–Kier alpha value is -2.24. The Balaban J connectivity index is 1.64. The number of aromatic nitrogens is 1. The summed E-state index contributed by atoms with van der Waals surface area (Å²) in [6.07, 6.45) is 4.10. The van der Waals surface area contributed by atoms with Crippen LogP contribution in [0.15, 0.2) is 54.9 Å². The van der Waals surface area contributed by atoms with Gasteiger partial charge in [-0.3, -0.25) is 14.7 Å². The number of rotatable bonds is 5. The highest BCUT2D eigenvalue weighted by molar-refractivity contribution is 5.94. The van der Waals surface area contributed by atoms with E-state index in [0.717, 1.165) is 26.1 Å². The molecule has 0 spiro atoms. The molecule has 0 radical (unpaired) electrons. The molecule has 0 bridgehead atoms. The second kappa shape index (κ2) is 8.04. The quantitative estimate of drug-likeness (QED) is 0.878. The molecule has 126 valence electrons. The van der Waals surface area contributed by atoms with E-state index in [1.165, 1.54) is 5.56 Å². The summed E-state index contributed by atoms with van der Waals surface area (Å²) in [6, 6.07) is 13.7. The molecule has 2 heterocycles. The molecule has 1 amide bonds. The van der Waals surface area contributed by atoms with Crippen molar-refractivity contribution in [2.75, 3.05) is 19.7 Å². The molecule has 5 heteroatoms. The molecular formula is C19H23N3O2. The highest BCUT2D eigenvalue weighted by Crippen LogP contribution is 2.20. The zero-order valence-electron chi connectivity index (χ0n) is 13.6. The number of amides is 1. The van der Waals surface area contributed by atoms with Crippen molar-refractivity contribution in [1.82, 2.24) is 15.2 Å². The standard InChI is InChI=1S/C19H23N3O2/c23-14-17-8-11-22(12-15-4-2-1-3-5-15)13-18(17)21-19(24)16-6-9-20-10-7-16/h1-7,9-10,17-18,23H,8,11-14H2,(H,21,24). The van der Waals surface area contributed by atoms with E-state index in [2.05, 4.69) is 27.3 Å². The van der Waals surface area contributed by atoms with Gasteiger partial charge < -0.3 is 10.4 Å². The number of aliphatic hydroxyl groups is 1. The molecular weight excluding hydrogens is 302 g/mol. The second-order valence-electron chi connectivity index (χ2n) is 6.27. The van der Waals surface area contributed by atoms with Crippen LogP contribution in [0.25, 0.3) is 0 Å². The molecule has 1 fully saturated rings. The summed E-state index contributed by atoms with van der Waals surface area (Å²) in [4.78, 5) is 18.7. The average Bonchev–Trinajstić information content (AvgIpc) is 2.63. The number of aliphatic hydroxyl groups excluding tert-OH is 1. The first-order valence-electron chi connectivity index (χ1n) is 8.34. The first-order chi connectivity index (χ1) is 11.8. The van der Waals surface area contributed by atoms with Crippen LogP contribution < -0.4 is 5.32 Å². The molecule has 0 saturated carbocycles. The Kier molecular flexibility index (Phi) is 5.56. The van der Waals surface area contributed by atoms with E-state index < -0.39 is 0 Å². The lowest BCUT2D eigenvalue weighted by atomic mass is 9.91. The van der Waals surface area contributed by atoms with Crippen molar-refractivity contribution in [3.8, 4) is 0 Å². The number of hydrogen-bond donors (Lipinski definition) is 2. The Labute approximate surface area is 142 Å². The number of nitrogens with zero attached hydrogens (tertiary/aromatic N) is 2. The van der Waals surface area contributed by atoms with Crippen LogP contribution in [-0.2, 0) is 6.54 Å². The smallest absolute Gasteiger partial charge is 0.251 e. The van der Waals surface area contributed by atoms with Gasteiger partial charge in [0, 0.05) is 49.6 Å². The maximum Gasteiger partial charge on any atom is 0.251 e. The minimum atomic E-state index is -0.109. The largest absolute Gasteiger partial charge is 0.396 e. The molecule has 2 atom stereocenters. The first-order valence-corrected chi connectivity index (χ1v) is 8.34. The van der Waals surface area contributed by atoms with Gasteiger partial charge in [0.2, 0.25) is 0 Å². The van der Waals surface area contributed by atoms with Crippen molar-refractivity contribution >= 4 is 5.91 Å². The van der Waals surface area contributed by atoms with E-state index in [1.54, 1.807) is 24.5 Å². The van der Waals surface area contributed by atoms with Crippen LogP contribution >= 0.6 is 0 Å². The van der Waals surface area contributed by atoms with E-state index in [-0.39, 0.29) is 24.5 Å². The number of likely N-dealkylation sites (tertiary alicyclic amines) is 1. The number of nitrogens with one attached hydrogen (secondary N) is 1. The number of carbonyl (C=O) groups excluding carboxylic acids is 1. The molecule has 1 saturated heterocycles. The Bertz CT molecular complexity index is 648. The molecule has 2 aromatic rings. The fraction of sp³-hybridized carbons (Fsp3) is 0.368. The first kappa shape index (κ1) is 16.6. The molecule has 2 N–H and O–H groups in total. The van der Waals surface area contributed by atoms with Crippen molar-refractivity contribution in [1.29, 1.82) is 0 Å². The molecule has 3 rings (SSSR count). The van der Waals surface area contributed by atoms with Crippen LogP contribution in [-0.4, -0.2) is 46.6 Å². The van der Waals surface area contributed by atoms with Crippen molar-refractivity contribution in [3.05, 3.63) is 66.0 Å². The summed E-state index contributed by atoms with van der Waals surface area (Å²) in [6.45, 7) is 2.64. The Morgan fingerprint density at radius 2 is 1.96 bits per heavy atom. The predicted molar refractivity (Wildman–Crippen MR) is 92.4 cm³/mol. The highest BCUT2D eigenvalue weighted by atomic mass is 16.3. The molecule has 0 aliphatic carbocycles. The maximum atomic E-state index is 12.4. The summed E-state index contributed by atoms with van der Waals surface area (Å²) >= 11 is 0. The van der Waals surface area contributed by atoms with Crippen molar-refractivity contribution < 1.29 is 9.90 Å². The monoisotopic (exact) mass is 325 g/mol. The Morgan fingerprint density at radius 3 is 2.67 bits per heavy atom. The molecule has 24 heavy (non-hydrogen) atoms. The highest BCUT2D eigenvalue weighted by Gasteiger charge is 2.30. The molecule has 1 aliphatic heterocycles. The summed E-state index contributed by atoms with van der Waals surface area (Å²) in [7, 11) is 0. The normalized spacial score (nSPS) is 21.4. The van der Waals surface area contributed by atoms with E-state index in [4.69, 9.17) is 0 Å². The molecule has 1 aromatic heterocycles. The lowest BCUT2D eigenvalue weighted by Gasteiger charge is -2.38. The van der Waals surface area contributed by atoms with Gasteiger partial charge in [-0.2, -0.15) is 0 Å². The van der Waals surface area contributed by atoms with Crippen LogP contribution in [0.5, 0.6) is 0 Å². The average molecular weight is 325 g/mol. The van der Waals surface area contributed by atoms with Gasteiger partial charge in [-0.05, 0) is 30.7 Å². The van der Waals surface area contributed by atoms with Crippen molar-refractivity contribution in [3.63, 3.8) is 0 Å². The van der Waals surface area contributed by atoms with E-state index in [0.29, 0.717) is 5.56 Å². The van der Waals surface area contributed by atoms with Crippen LogP contribution in [0, 0.1) is 5.92 Å². The van der Waals surface area contributed by atoms with Crippen LogP contribution in [0.4, 0.5) is 0 Å². The molecule has 2 unspecified atom stereocenters. The van der Waals surface area contributed by atoms with Crippen LogP contribution in [0.3, 0.4) is 0 Å². The number of pyridine rings is 1.